The number of aryl methyl sites for hydroxylation is 1. The molecule has 2 rings (SSSR count). The number of hydrogen-bond acceptors (Lipinski definition) is 2. The number of anilines is 1. The quantitative estimate of drug-likeness (QED) is 0.893. The van der Waals surface area contributed by atoms with Crippen LogP contribution in [0.15, 0.2) is 22.7 Å². The van der Waals surface area contributed by atoms with Crippen LogP contribution in [0.25, 0.3) is 0 Å². The molecule has 1 aliphatic rings. The Morgan fingerprint density at radius 3 is 2.65 bits per heavy atom. The molecule has 1 aliphatic carbocycles. The first-order valence-electron chi connectivity index (χ1n) is 6.41. The summed E-state index contributed by atoms with van der Waals surface area (Å²) in [5.74, 6) is 0.787. The van der Waals surface area contributed by atoms with Crippen molar-refractivity contribution in [1.29, 1.82) is 0 Å². The maximum atomic E-state index is 5.91. The van der Waals surface area contributed by atoms with Crippen molar-refractivity contribution in [3.63, 3.8) is 0 Å². The van der Waals surface area contributed by atoms with Gasteiger partial charge >= 0.3 is 0 Å². The third kappa shape index (κ3) is 3.71. The Balaban J connectivity index is 1.83. The summed E-state index contributed by atoms with van der Waals surface area (Å²) in [5, 5.41) is 3.53. The van der Waals surface area contributed by atoms with Gasteiger partial charge in [0.2, 0.25) is 0 Å². The fourth-order valence-electron chi connectivity index (χ4n) is 2.36. The topological polar surface area (TPSA) is 38.0 Å². The molecule has 1 aromatic rings. The van der Waals surface area contributed by atoms with Gasteiger partial charge in [-0.2, -0.15) is 0 Å². The van der Waals surface area contributed by atoms with Crippen molar-refractivity contribution in [3.05, 3.63) is 28.2 Å². The molecule has 0 unspecified atom stereocenters. The average Bonchev–Trinajstić information content (AvgIpc) is 2.33. The second-order valence-electron chi connectivity index (χ2n) is 5.13. The zero-order valence-electron chi connectivity index (χ0n) is 10.4. The highest BCUT2D eigenvalue weighted by Crippen LogP contribution is 2.25. The van der Waals surface area contributed by atoms with Gasteiger partial charge in [0.25, 0.3) is 0 Å². The lowest BCUT2D eigenvalue weighted by atomic mass is 9.86. The van der Waals surface area contributed by atoms with Crippen LogP contribution in [-0.2, 0) is 0 Å². The molecule has 0 spiro atoms. The van der Waals surface area contributed by atoms with Crippen LogP contribution in [-0.4, -0.2) is 12.6 Å². The van der Waals surface area contributed by atoms with E-state index in [-0.39, 0.29) is 0 Å². The van der Waals surface area contributed by atoms with Gasteiger partial charge in [-0.15, -0.1) is 0 Å². The van der Waals surface area contributed by atoms with Crippen molar-refractivity contribution in [2.45, 2.75) is 38.6 Å². The smallest absolute Gasteiger partial charge is 0.0351 e. The zero-order chi connectivity index (χ0) is 12.3. The maximum Gasteiger partial charge on any atom is 0.0351 e. The van der Waals surface area contributed by atoms with E-state index in [2.05, 4.69) is 46.4 Å². The molecule has 94 valence electrons. The van der Waals surface area contributed by atoms with E-state index in [1.807, 2.05) is 0 Å². The van der Waals surface area contributed by atoms with Crippen molar-refractivity contribution < 1.29 is 0 Å². The molecule has 0 aliphatic heterocycles. The molecule has 3 N–H and O–H groups in total. The Hall–Kier alpha value is -0.540. The maximum absolute atomic E-state index is 5.91. The van der Waals surface area contributed by atoms with Crippen molar-refractivity contribution in [1.82, 2.24) is 0 Å². The van der Waals surface area contributed by atoms with Gasteiger partial charge in [-0.05, 0) is 56.2 Å². The molecule has 3 heteroatoms. The largest absolute Gasteiger partial charge is 0.385 e. The minimum absolute atomic E-state index is 0.444. The van der Waals surface area contributed by atoms with Crippen LogP contribution >= 0.6 is 15.9 Å². The van der Waals surface area contributed by atoms with E-state index in [9.17, 15) is 0 Å². The molecule has 0 radical (unpaired) electrons. The third-order valence-electron chi connectivity index (χ3n) is 3.66. The molecule has 0 amide bonds. The van der Waals surface area contributed by atoms with E-state index in [1.165, 1.54) is 41.4 Å². The number of rotatable bonds is 3. The number of nitrogens with two attached hydrogens (primary N) is 1. The van der Waals surface area contributed by atoms with E-state index < -0.39 is 0 Å². The normalized spacial score (nSPS) is 24.6. The molecule has 0 heterocycles. The summed E-state index contributed by atoms with van der Waals surface area (Å²) in [6.45, 7) is 3.18. The lowest BCUT2D eigenvalue weighted by Crippen LogP contribution is -2.29. The molecular weight excluding hydrogens is 276 g/mol. The van der Waals surface area contributed by atoms with Crippen LogP contribution in [0.3, 0.4) is 0 Å². The SMILES string of the molecule is Cc1ccc(NCC2CCC(N)CC2)cc1Br. The van der Waals surface area contributed by atoms with Gasteiger partial charge < -0.3 is 11.1 Å². The van der Waals surface area contributed by atoms with Crippen LogP contribution in [0.4, 0.5) is 5.69 Å². The third-order valence-corrected chi connectivity index (χ3v) is 4.51. The molecule has 2 nitrogen and oxygen atoms in total. The van der Waals surface area contributed by atoms with Crippen LogP contribution in [0.2, 0.25) is 0 Å². The number of hydrogen-bond donors (Lipinski definition) is 2. The minimum Gasteiger partial charge on any atom is -0.385 e. The summed E-state index contributed by atoms with van der Waals surface area (Å²) in [5.41, 5.74) is 8.40. The van der Waals surface area contributed by atoms with E-state index in [0.29, 0.717) is 6.04 Å². The van der Waals surface area contributed by atoms with Crippen LogP contribution in [0, 0.1) is 12.8 Å². The summed E-state index contributed by atoms with van der Waals surface area (Å²) in [6.07, 6.45) is 4.90. The minimum atomic E-state index is 0.444. The van der Waals surface area contributed by atoms with Crippen LogP contribution < -0.4 is 11.1 Å². The molecule has 0 aromatic heterocycles. The molecule has 0 saturated heterocycles. The van der Waals surface area contributed by atoms with Gasteiger partial charge in [0.1, 0.15) is 0 Å². The highest BCUT2D eigenvalue weighted by molar-refractivity contribution is 9.10. The predicted octanol–water partition coefficient (Wildman–Crippen LogP) is 3.69. The van der Waals surface area contributed by atoms with Gasteiger partial charge in [-0.1, -0.05) is 22.0 Å². The van der Waals surface area contributed by atoms with E-state index in [1.54, 1.807) is 0 Å². The predicted molar refractivity (Wildman–Crippen MR) is 77.3 cm³/mol. The van der Waals surface area contributed by atoms with Gasteiger partial charge in [-0.3, -0.25) is 0 Å². The van der Waals surface area contributed by atoms with Crippen LogP contribution in [0.1, 0.15) is 31.2 Å². The molecular formula is C14H21BrN2. The fraction of sp³-hybridized carbons (Fsp3) is 0.571. The number of benzene rings is 1. The molecule has 1 aromatic carbocycles. The lowest BCUT2D eigenvalue weighted by molar-refractivity contribution is 0.339. The Kier molecular flexibility index (Phi) is 4.46. The Morgan fingerprint density at radius 2 is 2.00 bits per heavy atom. The van der Waals surface area contributed by atoms with Crippen molar-refractivity contribution >= 4 is 21.6 Å². The van der Waals surface area contributed by atoms with E-state index in [4.69, 9.17) is 5.73 Å². The first-order valence-corrected chi connectivity index (χ1v) is 7.20. The average molecular weight is 297 g/mol. The molecule has 1 saturated carbocycles. The highest BCUT2D eigenvalue weighted by atomic mass is 79.9. The Labute approximate surface area is 112 Å². The van der Waals surface area contributed by atoms with Crippen molar-refractivity contribution in [2.75, 3.05) is 11.9 Å². The second kappa shape index (κ2) is 5.87. The van der Waals surface area contributed by atoms with E-state index >= 15 is 0 Å². The Morgan fingerprint density at radius 1 is 1.29 bits per heavy atom. The lowest BCUT2D eigenvalue weighted by Gasteiger charge is -2.26. The fourth-order valence-corrected chi connectivity index (χ4v) is 2.74. The van der Waals surface area contributed by atoms with E-state index in [0.717, 1.165) is 12.5 Å². The summed E-state index contributed by atoms with van der Waals surface area (Å²) in [6, 6.07) is 6.89. The first-order chi connectivity index (χ1) is 8.15. The molecule has 0 bridgehead atoms. The Bertz CT molecular complexity index is 370. The summed E-state index contributed by atoms with van der Waals surface area (Å²) in [7, 11) is 0. The van der Waals surface area contributed by atoms with Crippen molar-refractivity contribution in [2.24, 2.45) is 11.7 Å². The zero-order valence-corrected chi connectivity index (χ0v) is 12.0. The van der Waals surface area contributed by atoms with Crippen LogP contribution in [0.5, 0.6) is 0 Å². The van der Waals surface area contributed by atoms with Gasteiger partial charge in [0.15, 0.2) is 0 Å². The number of halogens is 1. The molecule has 17 heavy (non-hydrogen) atoms. The monoisotopic (exact) mass is 296 g/mol. The van der Waals surface area contributed by atoms with Crippen molar-refractivity contribution in [3.8, 4) is 0 Å². The summed E-state index contributed by atoms with van der Waals surface area (Å²) < 4.78 is 1.17. The first kappa shape index (κ1) is 12.9. The van der Waals surface area contributed by atoms with Gasteiger partial charge in [0, 0.05) is 22.7 Å². The second-order valence-corrected chi connectivity index (χ2v) is 5.98. The highest BCUT2D eigenvalue weighted by Gasteiger charge is 2.17. The molecule has 0 atom stereocenters. The molecule has 1 fully saturated rings. The number of nitrogens with one attached hydrogen (secondary N) is 1. The van der Waals surface area contributed by atoms with Gasteiger partial charge in [-0.25, -0.2) is 0 Å². The summed E-state index contributed by atoms with van der Waals surface area (Å²) >= 11 is 3.56. The van der Waals surface area contributed by atoms with Gasteiger partial charge in [0.05, 0.1) is 0 Å². The standard InChI is InChI=1S/C14H21BrN2/c1-10-2-7-13(8-14(10)15)17-9-11-3-5-12(16)6-4-11/h2,7-8,11-12,17H,3-6,9,16H2,1H3. The summed E-state index contributed by atoms with van der Waals surface area (Å²) in [4.78, 5) is 0.